The van der Waals surface area contributed by atoms with Crippen molar-refractivity contribution in [3.8, 4) is 0 Å². The minimum atomic E-state index is 0.928. The van der Waals surface area contributed by atoms with Gasteiger partial charge in [0.1, 0.15) is 35.1 Å². The van der Waals surface area contributed by atoms with E-state index in [-0.39, 0.29) is 0 Å². The van der Waals surface area contributed by atoms with Crippen molar-refractivity contribution in [1.29, 1.82) is 0 Å². The normalized spacial score (nSPS) is 18.2. The third kappa shape index (κ3) is 6.22. The number of aromatic nitrogens is 2. The van der Waals surface area contributed by atoms with Crippen LogP contribution in [-0.2, 0) is 14.1 Å². The molecular formula is C44H42N6S2+2. The molecule has 52 heavy (non-hydrogen) atoms. The van der Waals surface area contributed by atoms with Gasteiger partial charge in [0, 0.05) is 74.6 Å². The van der Waals surface area contributed by atoms with Gasteiger partial charge in [0.2, 0.25) is 11.0 Å². The Kier molecular flexibility index (Phi) is 8.70. The van der Waals surface area contributed by atoms with Crippen molar-refractivity contribution in [3.63, 3.8) is 0 Å². The number of para-hydroxylation sites is 4. The molecule has 0 aliphatic carbocycles. The van der Waals surface area contributed by atoms with Gasteiger partial charge >= 0.3 is 0 Å². The van der Waals surface area contributed by atoms with Gasteiger partial charge in [0.25, 0.3) is 10.0 Å². The topological polar surface area (TPSA) is 20.7 Å². The first kappa shape index (κ1) is 32.5. The number of hydrogen-bond donors (Lipinski definition) is 0. The zero-order valence-electron chi connectivity index (χ0n) is 29.6. The molecule has 6 aromatic rings. The smallest absolute Gasteiger partial charge is 0.263 e. The van der Waals surface area contributed by atoms with Gasteiger partial charge in [-0.1, -0.05) is 83.3 Å². The van der Waals surface area contributed by atoms with Crippen molar-refractivity contribution in [3.05, 3.63) is 166 Å². The van der Waals surface area contributed by atoms with Crippen molar-refractivity contribution >= 4 is 66.6 Å². The summed E-state index contributed by atoms with van der Waals surface area (Å²) in [6.07, 6.45) is 15.0. The molecule has 0 N–H and O–H groups in total. The minimum Gasteiger partial charge on any atom is -0.354 e. The number of rotatable bonds is 6. The fourth-order valence-electron chi connectivity index (χ4n) is 7.52. The molecule has 0 saturated carbocycles. The molecule has 1 fully saturated rings. The highest BCUT2D eigenvalue weighted by molar-refractivity contribution is 7.19. The van der Waals surface area contributed by atoms with E-state index in [1.54, 1.807) is 0 Å². The maximum atomic E-state index is 2.60. The van der Waals surface area contributed by atoms with E-state index in [1.807, 2.05) is 22.7 Å². The molecule has 0 atom stereocenters. The highest BCUT2D eigenvalue weighted by Gasteiger charge is 2.30. The van der Waals surface area contributed by atoms with Gasteiger partial charge in [-0.3, -0.25) is 0 Å². The van der Waals surface area contributed by atoms with Crippen LogP contribution < -0.4 is 18.9 Å². The number of thiazole rings is 2. The van der Waals surface area contributed by atoms with E-state index < -0.39 is 0 Å². The lowest BCUT2D eigenvalue weighted by atomic mass is 10.1. The maximum absolute atomic E-state index is 2.60. The van der Waals surface area contributed by atoms with Gasteiger partial charge in [-0.15, -0.1) is 0 Å². The molecule has 2 aromatic heterocycles. The van der Waals surface area contributed by atoms with E-state index in [4.69, 9.17) is 0 Å². The van der Waals surface area contributed by atoms with E-state index in [1.165, 1.54) is 64.6 Å². The summed E-state index contributed by atoms with van der Waals surface area (Å²) < 4.78 is 7.26. The van der Waals surface area contributed by atoms with E-state index in [2.05, 4.69) is 189 Å². The second-order valence-electron chi connectivity index (χ2n) is 13.5. The van der Waals surface area contributed by atoms with Crippen LogP contribution in [0.3, 0.4) is 0 Å². The van der Waals surface area contributed by atoms with E-state index in [0.29, 0.717) is 0 Å². The summed E-state index contributed by atoms with van der Waals surface area (Å²) in [7, 11) is 4.35. The van der Waals surface area contributed by atoms with Crippen LogP contribution in [0.1, 0.15) is 16.4 Å². The number of allylic oxidation sites excluding steroid dienone is 4. The van der Waals surface area contributed by atoms with Crippen LogP contribution in [0, 0.1) is 0 Å². The summed E-state index contributed by atoms with van der Waals surface area (Å²) in [6.45, 7) is 4.69. The zero-order valence-corrected chi connectivity index (χ0v) is 31.2. The van der Waals surface area contributed by atoms with Gasteiger partial charge in [0.15, 0.2) is 0 Å². The van der Waals surface area contributed by atoms with Crippen molar-refractivity contribution in [2.24, 2.45) is 14.1 Å². The predicted molar refractivity (Wildman–Crippen MR) is 218 cm³/mol. The summed E-state index contributed by atoms with van der Waals surface area (Å²) in [4.78, 5) is 10.0. The lowest BCUT2D eigenvalue weighted by Gasteiger charge is -2.45. The fourth-order valence-corrected chi connectivity index (χ4v) is 9.76. The third-order valence-electron chi connectivity index (χ3n) is 10.3. The van der Waals surface area contributed by atoms with Gasteiger partial charge < -0.3 is 19.6 Å². The van der Waals surface area contributed by atoms with Crippen molar-refractivity contribution < 1.29 is 9.13 Å². The van der Waals surface area contributed by atoms with Crippen LogP contribution in [0.15, 0.2) is 156 Å². The monoisotopic (exact) mass is 718 g/mol. The van der Waals surface area contributed by atoms with Gasteiger partial charge in [0.05, 0.1) is 0 Å². The molecule has 0 amide bonds. The lowest BCUT2D eigenvalue weighted by molar-refractivity contribution is -0.642. The second kappa shape index (κ2) is 13.9. The predicted octanol–water partition coefficient (Wildman–Crippen LogP) is 8.48. The first-order chi connectivity index (χ1) is 25.6. The standard InChI is InChI=1S/C44H42N6S2/c1-45-37-17-9-11-19-39(37)51-43(45)31-33-21-23-49(35-13-5-3-6-14-35)41(29-33)47-25-27-48(28-26-47)42-30-34(22-24-50(42)36-15-7-4-8-16-36)32-44-46(2)38-18-10-12-20-40(38)52-44/h3-21,23,29-32H,22,24-28H2,1-2H3/q+2. The number of aryl methyl sites for hydroxylation is 2. The minimum absolute atomic E-state index is 0.928. The summed E-state index contributed by atoms with van der Waals surface area (Å²) in [5.41, 5.74) is 7.57. The Morgan fingerprint density at radius 1 is 0.558 bits per heavy atom. The number of piperazine rings is 1. The highest BCUT2D eigenvalue weighted by atomic mass is 32.1. The quantitative estimate of drug-likeness (QED) is 0.161. The molecule has 1 saturated heterocycles. The van der Waals surface area contributed by atoms with Crippen molar-refractivity contribution in [2.45, 2.75) is 6.42 Å². The molecule has 3 aliphatic rings. The maximum Gasteiger partial charge on any atom is 0.263 e. The molecule has 0 unspecified atom stereocenters. The van der Waals surface area contributed by atoms with Crippen LogP contribution in [-0.4, -0.2) is 42.5 Å². The Hall–Kier alpha value is -5.44. The molecule has 5 heterocycles. The van der Waals surface area contributed by atoms with Gasteiger partial charge in [-0.05, 0) is 72.2 Å². The third-order valence-corrected chi connectivity index (χ3v) is 12.7. The summed E-state index contributed by atoms with van der Waals surface area (Å²) in [6, 6.07) is 39.0. The molecule has 8 heteroatoms. The Bertz CT molecular complexity index is 2390. The molecule has 258 valence electrons. The SMILES string of the molecule is C[n+]1c(/C=C2/C=CN(c3ccccc3)C(N3CCN(C4=C/C(=C\c5sc6ccccc6[n+]5C)CCN4c4ccccc4)CC3)=C2)sc2ccccc21. The van der Waals surface area contributed by atoms with Crippen LogP contribution in [0.4, 0.5) is 11.4 Å². The first-order valence-corrected chi connectivity index (χ1v) is 19.7. The van der Waals surface area contributed by atoms with Gasteiger partial charge in [-0.2, -0.15) is 9.13 Å². The van der Waals surface area contributed by atoms with Gasteiger partial charge in [-0.25, -0.2) is 0 Å². The summed E-state index contributed by atoms with van der Waals surface area (Å²) in [5.74, 6) is 2.51. The molecular weight excluding hydrogens is 677 g/mol. The molecule has 4 aromatic carbocycles. The van der Waals surface area contributed by atoms with Crippen LogP contribution in [0.25, 0.3) is 32.6 Å². The van der Waals surface area contributed by atoms with Crippen LogP contribution >= 0.6 is 22.7 Å². The van der Waals surface area contributed by atoms with Crippen molar-refractivity contribution in [2.75, 3.05) is 42.5 Å². The number of anilines is 2. The first-order valence-electron chi connectivity index (χ1n) is 18.0. The molecule has 9 rings (SSSR count). The Balaban J connectivity index is 1.02. The zero-order chi connectivity index (χ0) is 35.0. The molecule has 0 radical (unpaired) electrons. The lowest BCUT2D eigenvalue weighted by Crippen LogP contribution is -2.51. The largest absolute Gasteiger partial charge is 0.354 e. The summed E-state index contributed by atoms with van der Waals surface area (Å²) >= 11 is 3.71. The number of nitrogens with zero attached hydrogens (tertiary/aromatic N) is 6. The van der Waals surface area contributed by atoms with Crippen LogP contribution in [0.2, 0.25) is 0 Å². The molecule has 0 bridgehead atoms. The average Bonchev–Trinajstić information content (AvgIpc) is 3.69. The Labute approximate surface area is 313 Å². The Morgan fingerprint density at radius 3 is 1.71 bits per heavy atom. The van der Waals surface area contributed by atoms with E-state index in [0.717, 1.165) is 39.1 Å². The average molecular weight is 719 g/mol. The number of fused-ring (bicyclic) bond motifs is 2. The Morgan fingerprint density at radius 2 is 1.10 bits per heavy atom. The second-order valence-corrected chi connectivity index (χ2v) is 15.7. The molecule has 6 nitrogen and oxygen atoms in total. The van der Waals surface area contributed by atoms with Crippen molar-refractivity contribution in [1.82, 2.24) is 9.80 Å². The highest BCUT2D eigenvalue weighted by Crippen LogP contribution is 2.33. The molecule has 3 aliphatic heterocycles. The van der Waals surface area contributed by atoms with E-state index in [9.17, 15) is 0 Å². The van der Waals surface area contributed by atoms with E-state index >= 15 is 0 Å². The van der Waals surface area contributed by atoms with Crippen LogP contribution in [0.5, 0.6) is 0 Å². The number of hydrogen-bond acceptors (Lipinski definition) is 6. The molecule has 0 spiro atoms. The number of benzene rings is 4. The fraction of sp³-hybridized carbons (Fsp3) is 0.182. The summed E-state index contributed by atoms with van der Waals surface area (Å²) in [5, 5.41) is 2.53.